The smallest absolute Gasteiger partial charge is 0.407 e. The van der Waals surface area contributed by atoms with Crippen molar-refractivity contribution in [3.8, 4) is 0 Å². The monoisotopic (exact) mass is 472 g/mol. The van der Waals surface area contributed by atoms with Gasteiger partial charge in [0, 0.05) is 44.8 Å². The van der Waals surface area contributed by atoms with Crippen molar-refractivity contribution >= 4 is 41.7 Å². The van der Waals surface area contributed by atoms with Crippen LogP contribution in [0, 0.1) is 0 Å². The number of aromatic nitrogens is 1. The highest BCUT2D eigenvalue weighted by atomic mass is 32.1. The molecule has 0 aliphatic carbocycles. The minimum atomic E-state index is -0.536. The molecule has 0 unspecified atom stereocenters. The van der Waals surface area contributed by atoms with E-state index in [1.54, 1.807) is 0 Å². The van der Waals surface area contributed by atoms with Crippen LogP contribution in [0.5, 0.6) is 0 Å². The Kier molecular flexibility index (Phi) is 7.97. The molecule has 178 valence electrons. The first kappa shape index (κ1) is 24.6. The maximum Gasteiger partial charge on any atom is 0.407 e. The summed E-state index contributed by atoms with van der Waals surface area (Å²) in [7, 11) is 0. The lowest BCUT2D eigenvalue weighted by Gasteiger charge is -2.37. The average Bonchev–Trinajstić information content (AvgIpc) is 3.07. The molecule has 0 atom stereocenters. The van der Waals surface area contributed by atoms with E-state index >= 15 is 0 Å². The van der Waals surface area contributed by atoms with Gasteiger partial charge in [0.15, 0.2) is 0 Å². The van der Waals surface area contributed by atoms with Crippen molar-refractivity contribution < 1.29 is 14.3 Å². The van der Waals surface area contributed by atoms with E-state index in [9.17, 15) is 14.4 Å². The number of hydrogen-bond donors (Lipinski definition) is 2. The first-order valence-electron chi connectivity index (χ1n) is 11.1. The summed E-state index contributed by atoms with van der Waals surface area (Å²) in [4.78, 5) is 43.1. The molecule has 2 N–H and O–H groups in total. The second-order valence-corrected chi connectivity index (χ2v) is 10.1. The number of alkyl carbamates (subject to hydrolysis) is 1. The molecule has 2 amide bonds. The van der Waals surface area contributed by atoms with Gasteiger partial charge < -0.3 is 24.8 Å². The Morgan fingerprint density at radius 2 is 1.91 bits per heavy atom. The molecule has 0 spiro atoms. The van der Waals surface area contributed by atoms with Gasteiger partial charge in [-0.3, -0.25) is 9.59 Å². The summed E-state index contributed by atoms with van der Waals surface area (Å²) in [5.74, 6) is 0.0913. The zero-order valence-corrected chi connectivity index (χ0v) is 20.3. The Balaban J connectivity index is 1.51. The van der Waals surface area contributed by atoms with Crippen LogP contribution in [-0.4, -0.2) is 60.2 Å². The summed E-state index contributed by atoms with van der Waals surface area (Å²) < 4.78 is 6.46. The van der Waals surface area contributed by atoms with Crippen molar-refractivity contribution in [2.24, 2.45) is 0 Å². The molecule has 8 nitrogen and oxygen atoms in total. The number of aromatic amines is 1. The number of amides is 2. The largest absolute Gasteiger partial charge is 0.444 e. The van der Waals surface area contributed by atoms with Crippen LogP contribution in [0.4, 0.5) is 10.5 Å². The highest BCUT2D eigenvalue weighted by molar-refractivity contribution is 7.07. The van der Waals surface area contributed by atoms with Crippen molar-refractivity contribution in [3.05, 3.63) is 49.4 Å². The van der Waals surface area contributed by atoms with E-state index in [1.165, 1.54) is 11.3 Å². The fourth-order valence-corrected chi connectivity index (χ4v) is 4.36. The van der Waals surface area contributed by atoms with Gasteiger partial charge >= 0.3 is 6.09 Å². The second kappa shape index (κ2) is 10.7. The van der Waals surface area contributed by atoms with Crippen LogP contribution < -0.4 is 25.0 Å². The Hall–Kier alpha value is -3.07. The zero-order chi connectivity index (χ0) is 24.0. The van der Waals surface area contributed by atoms with E-state index in [1.807, 2.05) is 56.0 Å². The van der Waals surface area contributed by atoms with E-state index in [0.717, 1.165) is 11.3 Å². The fourth-order valence-electron chi connectivity index (χ4n) is 3.63. The van der Waals surface area contributed by atoms with Gasteiger partial charge in [-0.1, -0.05) is 24.8 Å². The van der Waals surface area contributed by atoms with Crippen LogP contribution in [0.2, 0.25) is 0 Å². The molecule has 33 heavy (non-hydrogen) atoms. The number of thiazole rings is 1. The second-order valence-electron chi connectivity index (χ2n) is 8.95. The van der Waals surface area contributed by atoms with E-state index in [2.05, 4.69) is 21.8 Å². The van der Waals surface area contributed by atoms with Gasteiger partial charge in [0.2, 0.25) is 5.91 Å². The summed E-state index contributed by atoms with van der Waals surface area (Å²) in [5, 5.41) is 2.69. The number of carbonyl (C=O) groups excluding carboxylic acids is 2. The Bertz CT molecular complexity index is 1140. The van der Waals surface area contributed by atoms with Crippen molar-refractivity contribution in [1.82, 2.24) is 15.2 Å². The molecule has 0 bridgehead atoms. The van der Waals surface area contributed by atoms with Crippen molar-refractivity contribution in [1.29, 1.82) is 0 Å². The van der Waals surface area contributed by atoms with Crippen LogP contribution in [0.15, 0.2) is 29.1 Å². The highest BCUT2D eigenvalue weighted by Crippen LogP contribution is 2.22. The van der Waals surface area contributed by atoms with Crippen LogP contribution in [0.1, 0.15) is 39.2 Å². The fraction of sp³-hybridized carbons (Fsp3) is 0.458. The Morgan fingerprint density at radius 1 is 1.21 bits per heavy atom. The van der Waals surface area contributed by atoms with Gasteiger partial charge in [0.25, 0.3) is 5.56 Å². The predicted octanol–water partition coefficient (Wildman–Crippen LogP) is 1.63. The maximum atomic E-state index is 12.6. The van der Waals surface area contributed by atoms with Crippen LogP contribution >= 0.6 is 11.3 Å². The van der Waals surface area contributed by atoms with Gasteiger partial charge in [0.1, 0.15) is 5.60 Å². The number of rotatable bonds is 6. The summed E-state index contributed by atoms with van der Waals surface area (Å²) in [6.07, 6.45) is 2.38. The van der Waals surface area contributed by atoms with Crippen molar-refractivity contribution in [3.63, 3.8) is 0 Å². The van der Waals surface area contributed by atoms with Crippen LogP contribution in [0.25, 0.3) is 12.7 Å². The van der Waals surface area contributed by atoms with Gasteiger partial charge in [0.05, 0.1) is 9.20 Å². The lowest BCUT2D eigenvalue weighted by molar-refractivity contribution is -0.131. The van der Waals surface area contributed by atoms with Crippen molar-refractivity contribution in [2.45, 2.75) is 39.2 Å². The number of anilines is 1. The number of benzene rings is 1. The number of nitrogens with one attached hydrogen (secondary N) is 2. The third-order valence-corrected chi connectivity index (χ3v) is 6.01. The summed E-state index contributed by atoms with van der Waals surface area (Å²) in [6, 6.07) is 7.96. The summed E-state index contributed by atoms with van der Waals surface area (Å²) in [5.41, 5.74) is 1.35. The SMILES string of the molecule is C=c1[nH]c(=O)c(=Cc2ccccc2N2CCN(C(=O)CCCNC(=O)OC(C)(C)C)CC2)s1. The molecule has 1 aromatic carbocycles. The zero-order valence-electron chi connectivity index (χ0n) is 19.5. The average molecular weight is 473 g/mol. The minimum absolute atomic E-state index is 0.0913. The van der Waals surface area contributed by atoms with Gasteiger partial charge in [-0.2, -0.15) is 0 Å². The van der Waals surface area contributed by atoms with Gasteiger partial charge in [-0.15, -0.1) is 11.3 Å². The number of carbonyl (C=O) groups is 2. The molecule has 1 fully saturated rings. The topological polar surface area (TPSA) is 94.7 Å². The van der Waals surface area contributed by atoms with E-state index < -0.39 is 11.7 Å². The summed E-state index contributed by atoms with van der Waals surface area (Å²) in [6.45, 7) is 12.3. The standard InChI is InChI=1S/C24H32N4O4S/c1-17-26-22(30)20(33-17)16-18-8-5-6-9-19(18)27-12-14-28(15-13-27)21(29)10-7-11-25-23(31)32-24(2,3)4/h5-6,8-9,16H,1,7,10-15H2,2-4H3,(H,25,31)(H,26,30). The Labute approximate surface area is 197 Å². The van der Waals surface area contributed by atoms with Gasteiger partial charge in [-0.25, -0.2) is 4.79 Å². The molecule has 2 heterocycles. The number of hydrogen-bond acceptors (Lipinski definition) is 6. The number of piperazine rings is 1. The first-order chi connectivity index (χ1) is 15.6. The highest BCUT2D eigenvalue weighted by Gasteiger charge is 2.22. The number of H-pyrrole nitrogens is 1. The lowest BCUT2D eigenvalue weighted by atomic mass is 10.1. The third kappa shape index (κ3) is 7.21. The molecule has 1 aromatic heterocycles. The molecular weight excluding hydrogens is 440 g/mol. The first-order valence-corrected chi connectivity index (χ1v) is 11.9. The molecule has 1 saturated heterocycles. The molecule has 0 saturated carbocycles. The number of ether oxygens (including phenoxy) is 1. The third-order valence-electron chi connectivity index (χ3n) is 5.14. The summed E-state index contributed by atoms with van der Waals surface area (Å²) >= 11 is 1.34. The van der Waals surface area contributed by atoms with Crippen LogP contribution in [0.3, 0.4) is 0 Å². The number of para-hydroxylation sites is 1. The predicted molar refractivity (Wildman–Crippen MR) is 132 cm³/mol. The molecule has 3 rings (SSSR count). The molecular formula is C24H32N4O4S. The van der Waals surface area contributed by atoms with Crippen LogP contribution in [-0.2, 0) is 9.53 Å². The lowest BCUT2D eigenvalue weighted by Crippen LogP contribution is -2.49. The molecule has 9 heteroatoms. The molecule has 1 aliphatic rings. The van der Waals surface area contributed by atoms with Crippen molar-refractivity contribution in [2.75, 3.05) is 37.6 Å². The minimum Gasteiger partial charge on any atom is -0.444 e. The van der Waals surface area contributed by atoms with E-state index in [4.69, 9.17) is 4.74 Å². The van der Waals surface area contributed by atoms with E-state index in [0.29, 0.717) is 54.8 Å². The normalized spacial score (nSPS) is 14.9. The maximum absolute atomic E-state index is 12.6. The quantitative estimate of drug-likeness (QED) is 0.624. The van der Waals surface area contributed by atoms with Gasteiger partial charge in [-0.05, 0) is 44.9 Å². The molecule has 0 radical (unpaired) electrons. The molecule has 2 aromatic rings. The van der Waals surface area contributed by atoms with E-state index in [-0.39, 0.29) is 11.5 Å². The Morgan fingerprint density at radius 3 is 2.55 bits per heavy atom. The molecule has 1 aliphatic heterocycles. The number of nitrogens with zero attached hydrogens (tertiary/aromatic N) is 2.